The first-order chi connectivity index (χ1) is 8.01. The van der Waals surface area contributed by atoms with Crippen molar-refractivity contribution < 1.29 is 14.5 Å². The first kappa shape index (κ1) is 13.1. The number of nitrogens with zero attached hydrogens (tertiary/aromatic N) is 2. The molecule has 1 unspecified atom stereocenters. The Kier molecular flexibility index (Phi) is 4.17. The van der Waals surface area contributed by atoms with Crippen molar-refractivity contribution in [3.8, 4) is 0 Å². The van der Waals surface area contributed by atoms with E-state index in [1.54, 1.807) is 0 Å². The zero-order valence-corrected chi connectivity index (χ0v) is 10.3. The van der Waals surface area contributed by atoms with E-state index in [9.17, 15) is 14.9 Å². The van der Waals surface area contributed by atoms with Crippen molar-refractivity contribution in [2.75, 3.05) is 7.11 Å². The molecule has 0 saturated heterocycles. The first-order valence-electron chi connectivity index (χ1n) is 4.39. The maximum atomic E-state index is 11.4. The molecule has 0 bridgehead atoms. The number of ether oxygens (including phenoxy) is 1. The molecule has 0 aliphatic carbocycles. The van der Waals surface area contributed by atoms with Crippen LogP contribution in [0.2, 0.25) is 0 Å². The van der Waals surface area contributed by atoms with Gasteiger partial charge in [0.2, 0.25) is 0 Å². The Balaban J connectivity index is 3.37. The van der Waals surface area contributed by atoms with Crippen LogP contribution in [0.5, 0.6) is 0 Å². The van der Waals surface area contributed by atoms with Crippen molar-refractivity contribution in [2.45, 2.75) is 6.04 Å². The average molecular weight is 299 g/mol. The van der Waals surface area contributed by atoms with Crippen LogP contribution in [0.4, 0.5) is 5.69 Å². The third-order valence-electron chi connectivity index (χ3n) is 2.03. The molecule has 0 aliphatic heterocycles. The summed E-state index contributed by atoms with van der Waals surface area (Å²) < 4.78 is 4.99. The number of rotatable bonds is 3. The van der Waals surface area contributed by atoms with Crippen molar-refractivity contribution in [1.82, 2.24) is 0 Å². The molecular formula is C10H7BrN2O4. The monoisotopic (exact) mass is 298 g/mol. The van der Waals surface area contributed by atoms with Crippen molar-refractivity contribution >= 4 is 27.6 Å². The number of carbonyl (C=O) groups excluding carboxylic acids is 1. The van der Waals surface area contributed by atoms with Crippen LogP contribution in [0.25, 0.3) is 4.85 Å². The van der Waals surface area contributed by atoms with Gasteiger partial charge < -0.3 is 4.74 Å². The predicted octanol–water partition coefficient (Wildman–Crippen LogP) is 2.49. The van der Waals surface area contributed by atoms with E-state index in [2.05, 4.69) is 25.5 Å². The van der Waals surface area contributed by atoms with Crippen molar-refractivity contribution in [3.05, 3.63) is 49.8 Å². The molecule has 0 saturated carbocycles. The van der Waals surface area contributed by atoms with Crippen LogP contribution in [-0.4, -0.2) is 18.0 Å². The highest BCUT2D eigenvalue weighted by Crippen LogP contribution is 2.31. The lowest BCUT2D eigenvalue weighted by Gasteiger charge is -2.05. The lowest BCUT2D eigenvalue weighted by molar-refractivity contribution is -0.385. The van der Waals surface area contributed by atoms with Gasteiger partial charge in [0.15, 0.2) is 0 Å². The summed E-state index contributed by atoms with van der Waals surface area (Å²) in [5, 5.41) is 10.8. The van der Waals surface area contributed by atoms with Crippen LogP contribution >= 0.6 is 15.9 Å². The Hall–Kier alpha value is -1.94. The third-order valence-corrected chi connectivity index (χ3v) is 2.53. The van der Waals surface area contributed by atoms with E-state index in [1.807, 2.05) is 0 Å². The third kappa shape index (κ3) is 2.79. The summed E-state index contributed by atoms with van der Waals surface area (Å²) in [5.74, 6) is -0.818. The number of nitro groups is 1. The second-order valence-electron chi connectivity index (χ2n) is 3.02. The average Bonchev–Trinajstić information content (AvgIpc) is 2.29. The molecule has 1 aromatic carbocycles. The Morgan fingerprint density at radius 2 is 2.29 bits per heavy atom. The van der Waals surface area contributed by atoms with E-state index >= 15 is 0 Å². The van der Waals surface area contributed by atoms with Gasteiger partial charge in [0.05, 0.1) is 12.0 Å². The topological polar surface area (TPSA) is 73.8 Å². The van der Waals surface area contributed by atoms with E-state index in [0.717, 1.165) is 7.11 Å². The molecule has 0 heterocycles. The number of benzene rings is 1. The van der Waals surface area contributed by atoms with Crippen LogP contribution in [-0.2, 0) is 9.53 Å². The maximum absolute atomic E-state index is 11.4. The van der Waals surface area contributed by atoms with E-state index in [4.69, 9.17) is 6.57 Å². The van der Waals surface area contributed by atoms with Crippen LogP contribution in [0, 0.1) is 16.7 Å². The fraction of sp³-hybridized carbons (Fsp3) is 0.200. The lowest BCUT2D eigenvalue weighted by atomic mass is 10.1. The quantitative estimate of drug-likeness (QED) is 0.372. The normalized spacial score (nSPS) is 11.4. The second kappa shape index (κ2) is 5.41. The number of hydrogen-bond donors (Lipinski definition) is 0. The van der Waals surface area contributed by atoms with Gasteiger partial charge in [0.25, 0.3) is 5.69 Å². The highest BCUT2D eigenvalue weighted by Gasteiger charge is 2.34. The largest absolute Gasteiger partial charge is 0.463 e. The fourth-order valence-electron chi connectivity index (χ4n) is 1.27. The molecule has 0 amide bonds. The van der Waals surface area contributed by atoms with Crippen molar-refractivity contribution in [1.29, 1.82) is 0 Å². The van der Waals surface area contributed by atoms with Gasteiger partial charge in [-0.2, -0.15) is 0 Å². The van der Waals surface area contributed by atoms with Gasteiger partial charge in [0.1, 0.15) is 5.56 Å². The minimum absolute atomic E-state index is 0.0197. The zero-order valence-electron chi connectivity index (χ0n) is 8.71. The van der Waals surface area contributed by atoms with Gasteiger partial charge in [-0.3, -0.25) is 15.0 Å². The number of methoxy groups -OCH3 is 1. The summed E-state index contributed by atoms with van der Waals surface area (Å²) in [7, 11) is 1.13. The van der Waals surface area contributed by atoms with E-state index in [0.29, 0.717) is 4.47 Å². The molecule has 1 rings (SSSR count). The smallest absolute Gasteiger partial charge is 0.395 e. The molecule has 0 aliphatic rings. The summed E-state index contributed by atoms with van der Waals surface area (Å²) in [6.07, 6.45) is 0. The lowest BCUT2D eigenvalue weighted by Crippen LogP contribution is -2.12. The molecule has 17 heavy (non-hydrogen) atoms. The Bertz CT molecular complexity index is 510. The number of esters is 1. The van der Waals surface area contributed by atoms with Crippen molar-refractivity contribution in [2.24, 2.45) is 0 Å². The van der Waals surface area contributed by atoms with Gasteiger partial charge in [-0.25, -0.2) is 11.4 Å². The molecular weight excluding hydrogens is 292 g/mol. The van der Waals surface area contributed by atoms with E-state index in [1.165, 1.54) is 18.2 Å². The van der Waals surface area contributed by atoms with Gasteiger partial charge >= 0.3 is 12.0 Å². The highest BCUT2D eigenvalue weighted by molar-refractivity contribution is 9.10. The molecule has 7 heteroatoms. The number of hydrogen-bond acceptors (Lipinski definition) is 4. The Morgan fingerprint density at radius 3 is 2.76 bits per heavy atom. The molecule has 1 atom stereocenters. The summed E-state index contributed by atoms with van der Waals surface area (Å²) >= 11 is 3.14. The SMILES string of the molecule is [C-]#[N+]C(C(=O)OC)c1cc(Br)ccc1[N+](=O)[O-]. The molecule has 0 radical (unpaired) electrons. The minimum Gasteiger partial charge on any atom is -0.463 e. The van der Waals surface area contributed by atoms with Gasteiger partial charge in [0, 0.05) is 10.5 Å². The minimum atomic E-state index is -1.32. The molecule has 0 spiro atoms. The van der Waals surface area contributed by atoms with Crippen LogP contribution in [0.1, 0.15) is 11.6 Å². The van der Waals surface area contributed by atoms with Crippen LogP contribution in [0.15, 0.2) is 22.7 Å². The summed E-state index contributed by atoms with van der Waals surface area (Å²) in [5.41, 5.74) is -0.258. The summed E-state index contributed by atoms with van der Waals surface area (Å²) in [6.45, 7) is 6.93. The molecule has 0 fully saturated rings. The van der Waals surface area contributed by atoms with Crippen LogP contribution in [0.3, 0.4) is 0 Å². The predicted molar refractivity (Wildman–Crippen MR) is 62.2 cm³/mol. The number of halogens is 1. The van der Waals surface area contributed by atoms with Gasteiger partial charge in [-0.1, -0.05) is 15.9 Å². The molecule has 6 nitrogen and oxygen atoms in total. The van der Waals surface area contributed by atoms with Crippen LogP contribution < -0.4 is 0 Å². The number of carbonyl (C=O) groups is 1. The first-order valence-corrected chi connectivity index (χ1v) is 5.18. The highest BCUT2D eigenvalue weighted by atomic mass is 79.9. The Labute approximate surface area is 105 Å². The van der Waals surface area contributed by atoms with E-state index < -0.39 is 16.9 Å². The molecule has 88 valence electrons. The van der Waals surface area contributed by atoms with Crippen molar-refractivity contribution in [3.63, 3.8) is 0 Å². The fourth-order valence-corrected chi connectivity index (χ4v) is 1.65. The Morgan fingerprint density at radius 1 is 1.65 bits per heavy atom. The summed E-state index contributed by atoms with van der Waals surface area (Å²) in [4.78, 5) is 24.6. The zero-order chi connectivity index (χ0) is 13.0. The molecule has 1 aromatic rings. The maximum Gasteiger partial charge on any atom is 0.395 e. The summed E-state index contributed by atoms with van der Waals surface area (Å²) in [6, 6.07) is 2.76. The van der Waals surface area contributed by atoms with E-state index in [-0.39, 0.29) is 11.3 Å². The van der Waals surface area contributed by atoms with Gasteiger partial charge in [-0.15, -0.1) is 0 Å². The molecule has 0 N–H and O–H groups in total. The number of nitro benzene ring substituents is 1. The van der Waals surface area contributed by atoms with Gasteiger partial charge in [-0.05, 0) is 12.1 Å². The molecule has 0 aromatic heterocycles. The standard InChI is InChI=1S/C10H7BrN2O4/c1-12-9(10(14)17-2)7-5-6(11)3-4-8(7)13(15)16/h3-5,9H,2H3. The second-order valence-corrected chi connectivity index (χ2v) is 3.93.